The monoisotopic (exact) mass is 168 g/mol. The Morgan fingerprint density at radius 2 is 2.25 bits per heavy atom. The fourth-order valence-corrected chi connectivity index (χ4v) is 1.02. The minimum atomic E-state index is -0.0417. The predicted molar refractivity (Wildman–Crippen MR) is 47.5 cm³/mol. The van der Waals surface area contributed by atoms with Crippen molar-refractivity contribution in [2.75, 3.05) is 0 Å². The minimum absolute atomic E-state index is 0.0417. The normalized spacial score (nSPS) is 16.0. The van der Waals surface area contributed by atoms with Gasteiger partial charge in [-0.15, -0.1) is 0 Å². The molecule has 1 rings (SSSR count). The van der Waals surface area contributed by atoms with E-state index < -0.39 is 0 Å². The van der Waals surface area contributed by atoms with Gasteiger partial charge in [-0.05, 0) is 12.8 Å². The number of nitrogens with two attached hydrogens (primary N) is 1. The molecule has 1 aromatic heterocycles. The molecule has 0 fully saturated rings. The van der Waals surface area contributed by atoms with Gasteiger partial charge in [-0.2, -0.15) is 5.10 Å². The largest absolute Gasteiger partial charge is 0.321 e. The van der Waals surface area contributed by atoms with Gasteiger partial charge in [0.25, 0.3) is 0 Å². The van der Waals surface area contributed by atoms with Crippen molar-refractivity contribution < 1.29 is 0 Å². The molecule has 2 unspecified atom stereocenters. The summed E-state index contributed by atoms with van der Waals surface area (Å²) in [6.07, 6.45) is 1.05. The van der Waals surface area contributed by atoms with Crippen molar-refractivity contribution in [2.24, 2.45) is 11.7 Å². The highest BCUT2D eigenvalue weighted by atomic mass is 15.2. The van der Waals surface area contributed by atoms with Crippen molar-refractivity contribution >= 4 is 0 Å². The van der Waals surface area contributed by atoms with Gasteiger partial charge in [-0.1, -0.05) is 20.3 Å². The molecule has 0 radical (unpaired) electrons. The van der Waals surface area contributed by atoms with Crippen molar-refractivity contribution in [3.8, 4) is 0 Å². The van der Waals surface area contributed by atoms with Crippen LogP contribution in [0.15, 0.2) is 0 Å². The van der Waals surface area contributed by atoms with Crippen molar-refractivity contribution in [3.63, 3.8) is 0 Å². The first kappa shape index (κ1) is 9.19. The minimum Gasteiger partial charge on any atom is -0.321 e. The van der Waals surface area contributed by atoms with Crippen LogP contribution in [0.2, 0.25) is 0 Å². The Hall–Kier alpha value is -0.900. The Bertz CT molecular complexity index is 243. The fourth-order valence-electron chi connectivity index (χ4n) is 1.02. The second-order valence-corrected chi connectivity index (χ2v) is 3.19. The third-order valence-corrected chi connectivity index (χ3v) is 2.17. The molecule has 1 heterocycles. The van der Waals surface area contributed by atoms with Crippen LogP contribution in [-0.4, -0.2) is 15.2 Å². The lowest BCUT2D eigenvalue weighted by atomic mass is 10.00. The maximum Gasteiger partial charge on any atom is 0.167 e. The van der Waals surface area contributed by atoms with E-state index in [-0.39, 0.29) is 6.04 Å². The van der Waals surface area contributed by atoms with Gasteiger partial charge in [0.1, 0.15) is 5.82 Å². The summed E-state index contributed by atoms with van der Waals surface area (Å²) in [6, 6.07) is -0.0417. The summed E-state index contributed by atoms with van der Waals surface area (Å²) < 4.78 is 0. The van der Waals surface area contributed by atoms with Gasteiger partial charge in [-0.3, -0.25) is 5.10 Å². The highest BCUT2D eigenvalue weighted by Gasteiger charge is 2.16. The number of nitrogens with zero attached hydrogens (tertiary/aromatic N) is 2. The Morgan fingerprint density at radius 3 is 2.67 bits per heavy atom. The molecule has 2 atom stereocenters. The molecule has 0 saturated heterocycles. The van der Waals surface area contributed by atoms with Gasteiger partial charge in [0, 0.05) is 0 Å². The molecule has 0 bridgehead atoms. The van der Waals surface area contributed by atoms with Crippen LogP contribution in [0.1, 0.15) is 38.0 Å². The second-order valence-electron chi connectivity index (χ2n) is 3.19. The Labute approximate surface area is 72.6 Å². The molecule has 0 aliphatic heterocycles. The van der Waals surface area contributed by atoms with E-state index in [9.17, 15) is 0 Å². The summed E-state index contributed by atoms with van der Waals surface area (Å²) in [5.41, 5.74) is 5.92. The molecular formula is C8H16N4. The number of aromatic nitrogens is 3. The van der Waals surface area contributed by atoms with E-state index in [0.717, 1.165) is 18.1 Å². The quantitative estimate of drug-likeness (QED) is 0.711. The van der Waals surface area contributed by atoms with Crippen molar-refractivity contribution in [3.05, 3.63) is 11.6 Å². The molecule has 0 amide bonds. The number of aromatic amines is 1. The van der Waals surface area contributed by atoms with Crippen LogP contribution in [0.25, 0.3) is 0 Å². The van der Waals surface area contributed by atoms with E-state index in [1.807, 2.05) is 6.92 Å². The summed E-state index contributed by atoms with van der Waals surface area (Å²) in [6.45, 7) is 6.10. The van der Waals surface area contributed by atoms with Gasteiger partial charge in [0.2, 0.25) is 0 Å². The number of nitrogens with one attached hydrogen (secondary N) is 1. The van der Waals surface area contributed by atoms with Crippen molar-refractivity contribution in [1.29, 1.82) is 0 Å². The van der Waals surface area contributed by atoms with Crippen LogP contribution in [-0.2, 0) is 0 Å². The summed E-state index contributed by atoms with van der Waals surface area (Å²) in [7, 11) is 0. The summed E-state index contributed by atoms with van der Waals surface area (Å²) >= 11 is 0. The molecule has 3 N–H and O–H groups in total. The fraction of sp³-hybridized carbons (Fsp3) is 0.750. The molecule has 68 valence electrons. The maximum atomic E-state index is 5.92. The lowest BCUT2D eigenvalue weighted by Gasteiger charge is -2.13. The van der Waals surface area contributed by atoms with Crippen LogP contribution >= 0.6 is 0 Å². The van der Waals surface area contributed by atoms with Gasteiger partial charge in [0.15, 0.2) is 5.82 Å². The first-order chi connectivity index (χ1) is 5.65. The summed E-state index contributed by atoms with van der Waals surface area (Å²) in [4.78, 5) is 4.19. The molecule has 12 heavy (non-hydrogen) atoms. The number of hydrogen-bond acceptors (Lipinski definition) is 3. The molecule has 4 heteroatoms. The van der Waals surface area contributed by atoms with E-state index in [4.69, 9.17) is 5.73 Å². The Balaban J connectivity index is 2.70. The van der Waals surface area contributed by atoms with Gasteiger partial charge < -0.3 is 5.73 Å². The SMILES string of the molecule is CCC(C)C(N)c1n[nH]c(C)n1. The second kappa shape index (κ2) is 3.67. The van der Waals surface area contributed by atoms with Crippen molar-refractivity contribution in [2.45, 2.75) is 33.2 Å². The zero-order chi connectivity index (χ0) is 9.14. The molecule has 1 aromatic rings. The van der Waals surface area contributed by atoms with Crippen LogP contribution in [0.3, 0.4) is 0 Å². The Morgan fingerprint density at radius 1 is 1.58 bits per heavy atom. The Kier molecular flexibility index (Phi) is 2.81. The predicted octanol–water partition coefficient (Wildman–Crippen LogP) is 1.16. The van der Waals surface area contributed by atoms with E-state index in [0.29, 0.717) is 5.92 Å². The molecule has 4 nitrogen and oxygen atoms in total. The number of H-pyrrole nitrogens is 1. The first-order valence-electron chi connectivity index (χ1n) is 4.29. The maximum absolute atomic E-state index is 5.92. The third-order valence-electron chi connectivity index (χ3n) is 2.17. The summed E-state index contributed by atoms with van der Waals surface area (Å²) in [5, 5.41) is 6.81. The van der Waals surface area contributed by atoms with E-state index in [2.05, 4.69) is 29.0 Å². The zero-order valence-electron chi connectivity index (χ0n) is 7.83. The number of hydrogen-bond donors (Lipinski definition) is 2. The van der Waals surface area contributed by atoms with Crippen LogP contribution in [0.5, 0.6) is 0 Å². The zero-order valence-corrected chi connectivity index (χ0v) is 7.83. The van der Waals surface area contributed by atoms with Gasteiger partial charge in [-0.25, -0.2) is 4.98 Å². The van der Waals surface area contributed by atoms with Crippen LogP contribution in [0, 0.1) is 12.8 Å². The average molecular weight is 168 g/mol. The van der Waals surface area contributed by atoms with Gasteiger partial charge >= 0.3 is 0 Å². The lowest BCUT2D eigenvalue weighted by Crippen LogP contribution is -2.19. The standard InChI is InChI=1S/C8H16N4/c1-4-5(2)7(9)8-10-6(3)11-12-8/h5,7H,4,9H2,1-3H3,(H,10,11,12). The third kappa shape index (κ3) is 1.82. The highest BCUT2D eigenvalue weighted by molar-refractivity contribution is 4.95. The molecule has 0 spiro atoms. The van der Waals surface area contributed by atoms with Gasteiger partial charge in [0.05, 0.1) is 6.04 Å². The van der Waals surface area contributed by atoms with Crippen molar-refractivity contribution in [1.82, 2.24) is 15.2 Å². The molecule has 0 saturated carbocycles. The molecular weight excluding hydrogens is 152 g/mol. The highest BCUT2D eigenvalue weighted by Crippen LogP contribution is 2.17. The molecule has 0 aliphatic rings. The topological polar surface area (TPSA) is 67.6 Å². The number of rotatable bonds is 3. The van der Waals surface area contributed by atoms with E-state index >= 15 is 0 Å². The average Bonchev–Trinajstić information content (AvgIpc) is 2.49. The smallest absolute Gasteiger partial charge is 0.167 e. The van der Waals surface area contributed by atoms with Crippen LogP contribution < -0.4 is 5.73 Å². The van der Waals surface area contributed by atoms with E-state index in [1.54, 1.807) is 0 Å². The van der Waals surface area contributed by atoms with Crippen LogP contribution in [0.4, 0.5) is 0 Å². The first-order valence-corrected chi connectivity index (χ1v) is 4.29. The number of aryl methyl sites for hydroxylation is 1. The lowest BCUT2D eigenvalue weighted by molar-refractivity contribution is 0.440. The molecule has 0 aliphatic carbocycles. The molecule has 0 aromatic carbocycles. The summed E-state index contributed by atoms with van der Waals surface area (Å²) in [5.74, 6) is 1.98. The van der Waals surface area contributed by atoms with E-state index in [1.165, 1.54) is 0 Å².